The van der Waals surface area contributed by atoms with E-state index in [9.17, 15) is 9.90 Å². The van der Waals surface area contributed by atoms with Crippen LogP contribution < -0.4 is 5.56 Å². The second kappa shape index (κ2) is 5.49. The summed E-state index contributed by atoms with van der Waals surface area (Å²) >= 11 is 1.75. The molecule has 2 aromatic rings. The van der Waals surface area contributed by atoms with E-state index in [-0.39, 0.29) is 15.0 Å². The van der Waals surface area contributed by atoms with Gasteiger partial charge < -0.3 is 14.8 Å². The maximum atomic E-state index is 11.5. The third-order valence-electron chi connectivity index (χ3n) is 2.38. The molecule has 2 rings (SSSR count). The summed E-state index contributed by atoms with van der Waals surface area (Å²) < 4.78 is 5.20. The molecule has 0 unspecified atom stereocenters. The molecule has 1 aromatic carbocycles. The minimum atomic E-state index is -0.348. The quantitative estimate of drug-likeness (QED) is 0.822. The molecule has 0 aliphatic rings. The molecule has 1 aromatic heterocycles. The molecule has 6 heteroatoms. The lowest BCUT2D eigenvalue weighted by molar-refractivity contribution is 0.185. The normalized spacial score (nSPS) is 10.6. The van der Waals surface area contributed by atoms with Crippen molar-refractivity contribution in [3.8, 4) is 17.3 Å². The van der Waals surface area contributed by atoms with Crippen LogP contribution in [-0.4, -0.2) is 22.2 Å². The van der Waals surface area contributed by atoms with Crippen LogP contribution in [0.4, 0.5) is 0 Å². The molecule has 1 heterocycles. The van der Waals surface area contributed by atoms with Crippen molar-refractivity contribution in [3.05, 3.63) is 43.8 Å². The zero-order valence-electron chi connectivity index (χ0n) is 9.61. The van der Waals surface area contributed by atoms with E-state index < -0.39 is 0 Å². The summed E-state index contributed by atoms with van der Waals surface area (Å²) in [7, 11) is 1.63. The fraction of sp³-hybridized carbons (Fsp3) is 0.167. The smallest absolute Gasteiger partial charge is 0.268 e. The number of aromatic nitrogens is 2. The van der Waals surface area contributed by atoms with E-state index >= 15 is 0 Å². The van der Waals surface area contributed by atoms with Gasteiger partial charge in [-0.2, -0.15) is 4.98 Å². The summed E-state index contributed by atoms with van der Waals surface area (Å²) in [5, 5.41) is 9.52. The van der Waals surface area contributed by atoms with Gasteiger partial charge in [0.15, 0.2) is 0 Å². The van der Waals surface area contributed by atoms with Crippen molar-refractivity contribution in [1.29, 1.82) is 0 Å². The lowest BCUT2D eigenvalue weighted by atomic mass is 10.1. The highest BCUT2D eigenvalue weighted by Gasteiger charge is 2.08. The Kier molecular flexibility index (Phi) is 3.97. The first-order chi connectivity index (χ1) is 8.61. The van der Waals surface area contributed by atoms with Crippen LogP contribution >= 0.6 is 22.6 Å². The lowest BCUT2D eigenvalue weighted by Crippen LogP contribution is -2.12. The van der Waals surface area contributed by atoms with Crippen LogP contribution in [0.25, 0.3) is 11.4 Å². The number of nitrogens with zero attached hydrogens (tertiary/aromatic N) is 1. The number of ether oxygens (including phenoxy) is 1. The summed E-state index contributed by atoms with van der Waals surface area (Å²) in [6.45, 7) is 0.530. The van der Waals surface area contributed by atoms with Gasteiger partial charge in [-0.25, -0.2) is 0 Å². The highest BCUT2D eigenvalue weighted by molar-refractivity contribution is 14.1. The van der Waals surface area contributed by atoms with Crippen molar-refractivity contribution >= 4 is 22.6 Å². The number of aromatic hydroxyl groups is 1. The average Bonchev–Trinajstić information content (AvgIpc) is 2.37. The molecular formula is C12H11IN2O3. The van der Waals surface area contributed by atoms with Crippen molar-refractivity contribution < 1.29 is 9.84 Å². The number of hydrogen-bond acceptors (Lipinski definition) is 4. The van der Waals surface area contributed by atoms with Crippen LogP contribution in [0, 0.1) is 3.57 Å². The Morgan fingerprint density at radius 1 is 1.39 bits per heavy atom. The molecule has 0 amide bonds. The summed E-state index contributed by atoms with van der Waals surface area (Å²) in [4.78, 5) is 18.1. The van der Waals surface area contributed by atoms with Crippen LogP contribution in [-0.2, 0) is 11.3 Å². The number of methoxy groups -OCH3 is 1. The van der Waals surface area contributed by atoms with E-state index in [0.717, 1.165) is 11.1 Å². The first kappa shape index (κ1) is 13.0. The molecule has 0 radical (unpaired) electrons. The first-order valence-electron chi connectivity index (χ1n) is 5.19. The highest BCUT2D eigenvalue weighted by atomic mass is 127. The van der Waals surface area contributed by atoms with Crippen molar-refractivity contribution in [3.63, 3.8) is 0 Å². The Balaban J connectivity index is 2.40. The van der Waals surface area contributed by atoms with Gasteiger partial charge in [-0.1, -0.05) is 24.3 Å². The van der Waals surface area contributed by atoms with Crippen molar-refractivity contribution in [2.24, 2.45) is 0 Å². The molecule has 0 saturated carbocycles. The van der Waals surface area contributed by atoms with Crippen LogP contribution in [0.2, 0.25) is 0 Å². The van der Waals surface area contributed by atoms with E-state index in [1.165, 1.54) is 0 Å². The highest BCUT2D eigenvalue weighted by Crippen LogP contribution is 2.19. The lowest BCUT2D eigenvalue weighted by Gasteiger charge is -2.04. The van der Waals surface area contributed by atoms with Crippen LogP contribution in [0.5, 0.6) is 5.88 Å². The third-order valence-corrected chi connectivity index (χ3v) is 3.36. The first-order valence-corrected chi connectivity index (χ1v) is 6.26. The van der Waals surface area contributed by atoms with Gasteiger partial charge in [0.2, 0.25) is 5.88 Å². The molecule has 94 valence electrons. The predicted octanol–water partition coefficient (Wildman–Crippen LogP) is 1.89. The van der Waals surface area contributed by atoms with Crippen molar-refractivity contribution in [2.45, 2.75) is 6.61 Å². The molecule has 0 spiro atoms. The van der Waals surface area contributed by atoms with Crippen LogP contribution in [0.3, 0.4) is 0 Å². The van der Waals surface area contributed by atoms with E-state index in [1.54, 1.807) is 29.7 Å². The van der Waals surface area contributed by atoms with Gasteiger partial charge in [0.1, 0.15) is 9.39 Å². The summed E-state index contributed by atoms with van der Waals surface area (Å²) in [5.41, 5.74) is 1.41. The third kappa shape index (κ3) is 2.70. The summed E-state index contributed by atoms with van der Waals surface area (Å²) in [5.74, 6) is 0.0946. The standard InChI is InChI=1S/C12H11IN2O3/c1-18-6-7-2-4-8(5-3-7)10-14-11(16)9(13)12(17)15-10/h2-5H,6H2,1H3,(H2,14,15,16,17). The van der Waals surface area contributed by atoms with Crippen LogP contribution in [0.15, 0.2) is 29.1 Å². The van der Waals surface area contributed by atoms with Gasteiger partial charge >= 0.3 is 0 Å². The number of aromatic amines is 1. The number of H-pyrrole nitrogens is 1. The van der Waals surface area contributed by atoms with Gasteiger partial charge in [0.05, 0.1) is 6.61 Å². The fourth-order valence-corrected chi connectivity index (χ4v) is 1.76. The van der Waals surface area contributed by atoms with Gasteiger partial charge in [-0.05, 0) is 28.2 Å². The van der Waals surface area contributed by atoms with Gasteiger partial charge in [-0.3, -0.25) is 4.79 Å². The molecule has 0 aliphatic heterocycles. The molecule has 2 N–H and O–H groups in total. The van der Waals surface area contributed by atoms with Gasteiger partial charge in [0, 0.05) is 12.7 Å². The Bertz CT molecular complexity index is 608. The average molecular weight is 358 g/mol. The van der Waals surface area contributed by atoms with Crippen LogP contribution in [0.1, 0.15) is 5.56 Å². The largest absolute Gasteiger partial charge is 0.492 e. The van der Waals surface area contributed by atoms with Gasteiger partial charge in [0.25, 0.3) is 5.56 Å². The molecule has 0 fully saturated rings. The molecule has 5 nitrogen and oxygen atoms in total. The van der Waals surface area contributed by atoms with E-state index in [0.29, 0.717) is 12.4 Å². The fourth-order valence-electron chi connectivity index (χ4n) is 1.51. The minimum absolute atomic E-state index is 0.187. The van der Waals surface area contributed by atoms with E-state index in [2.05, 4.69) is 9.97 Å². The Morgan fingerprint density at radius 2 is 2.06 bits per heavy atom. The maximum absolute atomic E-state index is 11.5. The number of rotatable bonds is 3. The molecular weight excluding hydrogens is 347 g/mol. The van der Waals surface area contributed by atoms with Gasteiger partial charge in [-0.15, -0.1) is 0 Å². The Hall–Kier alpha value is -1.41. The minimum Gasteiger partial charge on any atom is -0.492 e. The number of nitrogens with one attached hydrogen (secondary N) is 1. The van der Waals surface area contributed by atoms with Crippen molar-refractivity contribution in [2.75, 3.05) is 7.11 Å². The Labute approximate surface area is 117 Å². The second-order valence-corrected chi connectivity index (χ2v) is 4.76. The summed E-state index contributed by atoms with van der Waals surface area (Å²) in [6, 6.07) is 7.40. The monoisotopic (exact) mass is 358 g/mol. The molecule has 0 bridgehead atoms. The summed E-state index contributed by atoms with van der Waals surface area (Å²) in [6.07, 6.45) is 0. The molecule has 0 atom stereocenters. The second-order valence-electron chi connectivity index (χ2n) is 3.68. The SMILES string of the molecule is COCc1ccc(-c2nc(O)c(I)c(=O)[nH]2)cc1. The number of benzene rings is 1. The molecule has 0 saturated heterocycles. The number of hydrogen-bond donors (Lipinski definition) is 2. The molecule has 18 heavy (non-hydrogen) atoms. The van der Waals surface area contributed by atoms with E-state index in [4.69, 9.17) is 4.74 Å². The van der Waals surface area contributed by atoms with E-state index in [1.807, 2.05) is 24.3 Å². The predicted molar refractivity (Wildman–Crippen MR) is 75.4 cm³/mol. The van der Waals surface area contributed by atoms with Crippen molar-refractivity contribution in [1.82, 2.24) is 9.97 Å². The number of halogens is 1. The zero-order chi connectivity index (χ0) is 13.1. The zero-order valence-corrected chi connectivity index (χ0v) is 11.8. The maximum Gasteiger partial charge on any atom is 0.268 e. The Morgan fingerprint density at radius 3 is 2.61 bits per heavy atom. The molecule has 0 aliphatic carbocycles. The topological polar surface area (TPSA) is 75.2 Å².